The van der Waals surface area contributed by atoms with E-state index in [-0.39, 0.29) is 18.5 Å². The van der Waals surface area contributed by atoms with Gasteiger partial charge in [-0.1, -0.05) is 31.4 Å². The highest BCUT2D eigenvalue weighted by Crippen LogP contribution is 2.34. The van der Waals surface area contributed by atoms with Gasteiger partial charge in [-0.15, -0.1) is 0 Å². The van der Waals surface area contributed by atoms with Gasteiger partial charge in [0, 0.05) is 0 Å². The van der Waals surface area contributed by atoms with Crippen molar-refractivity contribution in [3.63, 3.8) is 0 Å². The van der Waals surface area contributed by atoms with Crippen molar-refractivity contribution in [2.45, 2.75) is 81.6 Å². The number of carbonyl (C=O) groups excluding carboxylic acids is 1. The Balaban J connectivity index is 2.02. The average molecular weight is 375 g/mol. The summed E-state index contributed by atoms with van der Waals surface area (Å²) >= 11 is 0. The van der Waals surface area contributed by atoms with Gasteiger partial charge in [0.25, 0.3) is 0 Å². The summed E-state index contributed by atoms with van der Waals surface area (Å²) in [6.07, 6.45) is -2.93. The number of aliphatic hydroxyl groups excluding tert-OH is 3. The minimum absolute atomic E-state index is 0.105. The summed E-state index contributed by atoms with van der Waals surface area (Å²) in [7, 11) is -0.179. The van der Waals surface area contributed by atoms with Crippen LogP contribution in [-0.2, 0) is 19.0 Å². The van der Waals surface area contributed by atoms with Gasteiger partial charge in [0.05, 0.1) is 33.8 Å². The minimum Gasteiger partial charge on any atom is -0.469 e. The second-order valence-electron chi connectivity index (χ2n) is 7.92. The predicted molar refractivity (Wildman–Crippen MR) is 93.7 cm³/mol. The Labute approximate surface area is 149 Å². The van der Waals surface area contributed by atoms with E-state index in [4.69, 9.17) is 9.47 Å². The molecule has 4 unspecified atom stereocenters. The molecular weight excluding hydrogens is 344 g/mol. The lowest BCUT2D eigenvalue weighted by Crippen LogP contribution is -2.63. The highest BCUT2D eigenvalue weighted by atomic mass is 28.3. The Morgan fingerprint density at radius 1 is 1.24 bits per heavy atom. The lowest BCUT2D eigenvalue weighted by atomic mass is 9.87. The number of fused-ring (bicyclic) bond motifs is 1. The molecule has 7 nitrogen and oxygen atoms in total. The fourth-order valence-electron chi connectivity index (χ4n) is 3.21. The van der Waals surface area contributed by atoms with E-state index in [1.54, 1.807) is 6.08 Å². The third kappa shape index (κ3) is 5.35. The summed E-state index contributed by atoms with van der Waals surface area (Å²) in [5.41, 5.74) is 1.98. The summed E-state index contributed by atoms with van der Waals surface area (Å²) in [6.45, 7) is 6.40. The standard InChI is InChI=1S/C17H30O7Si/c1-22-13(19)9-10-5-6-12-17(23-10)15(21)14(20)16(24-12)11(18)7-8-25(2,3)4/h7-8,10-12,14-18,20-21H,5-6,9H2,1-4H3/b8-7+/t10?,11?,12?,14?,15-,16+,17+/m1/s1. The molecule has 8 heteroatoms. The topological polar surface area (TPSA) is 105 Å². The van der Waals surface area contributed by atoms with Crippen molar-refractivity contribution in [1.82, 2.24) is 0 Å². The Kier molecular flexibility index (Phi) is 6.80. The molecule has 2 aliphatic rings. The van der Waals surface area contributed by atoms with E-state index in [1.165, 1.54) is 7.11 Å². The van der Waals surface area contributed by atoms with E-state index in [1.807, 2.05) is 5.70 Å². The van der Waals surface area contributed by atoms with Crippen molar-refractivity contribution in [3.05, 3.63) is 11.8 Å². The molecule has 0 radical (unpaired) electrons. The average Bonchev–Trinajstić information content (AvgIpc) is 2.55. The number of aliphatic hydroxyl groups is 3. The molecule has 7 atom stereocenters. The van der Waals surface area contributed by atoms with Crippen LogP contribution < -0.4 is 0 Å². The molecule has 0 bridgehead atoms. The molecule has 2 rings (SSSR count). The molecular formula is C17H30O7Si. The van der Waals surface area contributed by atoms with Crippen molar-refractivity contribution in [3.8, 4) is 0 Å². The van der Waals surface area contributed by atoms with Gasteiger partial charge in [-0.3, -0.25) is 4.79 Å². The molecule has 0 saturated carbocycles. The summed E-state index contributed by atoms with van der Waals surface area (Å²) in [5, 5.41) is 31.1. The summed E-state index contributed by atoms with van der Waals surface area (Å²) < 4.78 is 16.2. The normalized spacial score (nSPS) is 37.6. The number of methoxy groups -OCH3 is 1. The molecule has 0 aromatic heterocycles. The smallest absolute Gasteiger partial charge is 0.308 e. The lowest BCUT2D eigenvalue weighted by Gasteiger charge is -2.47. The molecule has 2 fully saturated rings. The van der Waals surface area contributed by atoms with Crippen LogP contribution in [0.1, 0.15) is 19.3 Å². The fraction of sp³-hybridized carbons (Fsp3) is 0.824. The molecule has 25 heavy (non-hydrogen) atoms. The van der Waals surface area contributed by atoms with Gasteiger partial charge >= 0.3 is 5.97 Å². The Bertz CT molecular complexity index is 488. The van der Waals surface area contributed by atoms with Crippen molar-refractivity contribution in [1.29, 1.82) is 0 Å². The van der Waals surface area contributed by atoms with Gasteiger partial charge in [0.2, 0.25) is 0 Å². The Hall–Kier alpha value is -0.773. The van der Waals surface area contributed by atoms with Gasteiger partial charge in [-0.2, -0.15) is 0 Å². The van der Waals surface area contributed by atoms with Crippen molar-refractivity contribution < 1.29 is 34.3 Å². The largest absolute Gasteiger partial charge is 0.469 e. The van der Waals surface area contributed by atoms with E-state index in [0.717, 1.165) is 0 Å². The fourth-order valence-corrected chi connectivity index (χ4v) is 3.98. The number of ether oxygens (including phenoxy) is 3. The van der Waals surface area contributed by atoms with Crippen LogP contribution in [-0.4, -0.2) is 79.2 Å². The van der Waals surface area contributed by atoms with Gasteiger partial charge in [0.1, 0.15) is 30.5 Å². The van der Waals surface area contributed by atoms with E-state index >= 15 is 0 Å². The zero-order valence-corrected chi connectivity index (χ0v) is 16.3. The molecule has 2 heterocycles. The number of hydrogen-bond acceptors (Lipinski definition) is 7. The van der Waals surface area contributed by atoms with E-state index in [9.17, 15) is 20.1 Å². The van der Waals surface area contributed by atoms with Crippen LogP contribution in [0, 0.1) is 0 Å². The van der Waals surface area contributed by atoms with Crippen molar-refractivity contribution in [2.75, 3.05) is 7.11 Å². The maximum Gasteiger partial charge on any atom is 0.308 e. The van der Waals surface area contributed by atoms with E-state index in [2.05, 4.69) is 24.4 Å². The van der Waals surface area contributed by atoms with Crippen LogP contribution in [0.3, 0.4) is 0 Å². The first-order valence-corrected chi connectivity index (χ1v) is 12.3. The maximum absolute atomic E-state index is 11.4. The van der Waals surface area contributed by atoms with Gasteiger partial charge in [-0.25, -0.2) is 0 Å². The van der Waals surface area contributed by atoms with Gasteiger partial charge in [-0.05, 0) is 12.8 Å². The summed E-state index contributed by atoms with van der Waals surface area (Å²) in [5.74, 6) is -0.375. The monoisotopic (exact) mass is 374 g/mol. The van der Waals surface area contributed by atoms with E-state index in [0.29, 0.717) is 12.8 Å². The highest BCUT2D eigenvalue weighted by molar-refractivity contribution is 6.80. The van der Waals surface area contributed by atoms with Crippen LogP contribution in [0.5, 0.6) is 0 Å². The number of hydrogen-bond donors (Lipinski definition) is 3. The molecule has 2 saturated heterocycles. The molecule has 0 aliphatic carbocycles. The SMILES string of the molecule is COC(=O)CC1CCC2O[C@@H](C(O)/C=C/[Si](C)(C)C)C(O)[C@@H](O)[C@H]2O1. The first-order chi connectivity index (χ1) is 11.6. The molecule has 144 valence electrons. The third-order valence-corrected chi connectivity index (χ3v) is 5.79. The number of carbonyl (C=O) groups is 1. The van der Waals surface area contributed by atoms with Gasteiger partial charge in [0.15, 0.2) is 0 Å². The van der Waals surface area contributed by atoms with Gasteiger partial charge < -0.3 is 29.5 Å². The number of esters is 1. The molecule has 0 aromatic rings. The molecule has 0 amide bonds. The number of rotatable bonds is 5. The lowest BCUT2D eigenvalue weighted by molar-refractivity contribution is -0.274. The van der Waals surface area contributed by atoms with Crippen LogP contribution in [0.2, 0.25) is 19.6 Å². The predicted octanol–water partition coefficient (Wildman–Crippen LogP) is 0.381. The second-order valence-corrected chi connectivity index (χ2v) is 13.0. The molecule has 2 aliphatic heterocycles. The first kappa shape index (κ1) is 20.5. The second kappa shape index (κ2) is 8.28. The van der Waals surface area contributed by atoms with Crippen LogP contribution in [0.4, 0.5) is 0 Å². The highest BCUT2D eigenvalue weighted by Gasteiger charge is 2.49. The minimum atomic E-state index is -1.49. The van der Waals surface area contributed by atoms with E-state index < -0.39 is 44.7 Å². The zero-order chi connectivity index (χ0) is 18.8. The molecule has 0 spiro atoms. The summed E-state index contributed by atoms with van der Waals surface area (Å²) in [6, 6.07) is 0. The van der Waals surface area contributed by atoms with Crippen LogP contribution in [0.25, 0.3) is 0 Å². The molecule has 0 aromatic carbocycles. The zero-order valence-electron chi connectivity index (χ0n) is 15.3. The van der Waals surface area contributed by atoms with Crippen molar-refractivity contribution in [2.24, 2.45) is 0 Å². The summed E-state index contributed by atoms with van der Waals surface area (Å²) in [4.78, 5) is 11.4. The third-order valence-electron chi connectivity index (χ3n) is 4.60. The quantitative estimate of drug-likeness (QED) is 0.472. The van der Waals surface area contributed by atoms with Crippen LogP contribution in [0.15, 0.2) is 11.8 Å². The van der Waals surface area contributed by atoms with Crippen LogP contribution >= 0.6 is 0 Å². The molecule has 3 N–H and O–H groups in total. The first-order valence-electron chi connectivity index (χ1n) is 8.73. The van der Waals surface area contributed by atoms with Crippen molar-refractivity contribution >= 4 is 14.0 Å². The Morgan fingerprint density at radius 3 is 2.52 bits per heavy atom. The Morgan fingerprint density at radius 2 is 1.92 bits per heavy atom. The maximum atomic E-state index is 11.4.